The molecule has 0 saturated carbocycles. The van der Waals surface area contributed by atoms with Gasteiger partial charge < -0.3 is 16.0 Å². The normalized spacial score (nSPS) is 17.8. The Balaban J connectivity index is 1.60. The first-order valence-electron chi connectivity index (χ1n) is 10.3. The highest BCUT2D eigenvalue weighted by Gasteiger charge is 2.35. The minimum Gasteiger partial charge on any atom is -0.390 e. The quantitative estimate of drug-likeness (QED) is 0.478. The van der Waals surface area contributed by atoms with Gasteiger partial charge in [-0.15, -0.1) is 11.3 Å². The highest BCUT2D eigenvalue weighted by Crippen LogP contribution is 2.48. The summed E-state index contributed by atoms with van der Waals surface area (Å²) in [5.74, 6) is -0.154. The van der Waals surface area contributed by atoms with E-state index < -0.39 is 0 Å². The van der Waals surface area contributed by atoms with Crippen LogP contribution in [-0.2, 0) is 11.2 Å². The number of fused-ring (bicyclic) bond motifs is 1. The maximum atomic E-state index is 13.2. The van der Waals surface area contributed by atoms with Crippen molar-refractivity contribution < 1.29 is 9.59 Å². The summed E-state index contributed by atoms with van der Waals surface area (Å²) in [6, 6.07) is 19.3. The van der Waals surface area contributed by atoms with Gasteiger partial charge in [-0.05, 0) is 48.6 Å². The van der Waals surface area contributed by atoms with Crippen LogP contribution in [-0.4, -0.2) is 11.7 Å². The van der Waals surface area contributed by atoms with Gasteiger partial charge in [0.15, 0.2) is 5.78 Å². The number of thiophene rings is 1. The lowest BCUT2D eigenvalue weighted by Crippen LogP contribution is -2.22. The molecule has 1 aromatic heterocycles. The van der Waals surface area contributed by atoms with E-state index in [4.69, 9.17) is 5.73 Å². The number of nitrogens with zero attached hydrogens (tertiary/aromatic N) is 1. The highest BCUT2D eigenvalue weighted by atomic mass is 32.2. The predicted molar refractivity (Wildman–Crippen MR) is 134 cm³/mol. The Labute approximate surface area is 194 Å². The summed E-state index contributed by atoms with van der Waals surface area (Å²) in [6.45, 7) is 2.03. The van der Waals surface area contributed by atoms with Crippen LogP contribution in [0.1, 0.15) is 34.1 Å². The van der Waals surface area contributed by atoms with Crippen molar-refractivity contribution in [1.82, 2.24) is 0 Å². The van der Waals surface area contributed by atoms with Gasteiger partial charge in [0.1, 0.15) is 0 Å². The number of ketones is 1. The number of rotatable bonds is 3. The van der Waals surface area contributed by atoms with Crippen molar-refractivity contribution in [3.8, 4) is 0 Å². The second-order valence-corrected chi connectivity index (χ2v) is 9.53. The third-order valence-corrected chi connectivity index (χ3v) is 7.67. The first kappa shape index (κ1) is 20.6. The number of Topliss-reactive ketones (excluding diaryl/α,β-unsaturated/α-hetero) is 1. The molecule has 0 radical (unpaired) electrons. The maximum Gasteiger partial charge on any atom is 0.258 e. The Hall–Kier alpha value is -3.29. The van der Waals surface area contributed by atoms with Crippen LogP contribution in [0.4, 0.5) is 16.4 Å². The SMILES string of the molecule is CC1=CSC(=C2C(=O)CCc3c2sc(N)c3C(=O)Nc2ccccc2)N1c1ccccc1. The molecule has 7 heteroatoms. The lowest BCUT2D eigenvalue weighted by molar-refractivity contribution is -0.113. The summed E-state index contributed by atoms with van der Waals surface area (Å²) in [4.78, 5) is 29.2. The summed E-state index contributed by atoms with van der Waals surface area (Å²) in [6.07, 6.45) is 0.870. The topological polar surface area (TPSA) is 75.4 Å². The number of carbonyl (C=O) groups is 2. The predicted octanol–water partition coefficient (Wildman–Crippen LogP) is 5.88. The third-order valence-electron chi connectivity index (χ3n) is 5.53. The number of para-hydroxylation sites is 2. The van der Waals surface area contributed by atoms with Crippen molar-refractivity contribution >= 4 is 56.7 Å². The van der Waals surface area contributed by atoms with E-state index in [9.17, 15) is 9.59 Å². The van der Waals surface area contributed by atoms with Crippen molar-refractivity contribution in [2.75, 3.05) is 16.0 Å². The van der Waals surface area contributed by atoms with Gasteiger partial charge in [-0.25, -0.2) is 0 Å². The molecular weight excluding hydrogens is 438 g/mol. The van der Waals surface area contributed by atoms with Gasteiger partial charge in [-0.3, -0.25) is 9.59 Å². The fourth-order valence-corrected chi connectivity index (χ4v) is 6.39. The van der Waals surface area contributed by atoms with E-state index in [0.29, 0.717) is 34.7 Å². The molecule has 1 aliphatic heterocycles. The molecule has 2 heterocycles. The Morgan fingerprint density at radius 3 is 2.44 bits per heavy atom. The first-order chi connectivity index (χ1) is 15.5. The maximum absolute atomic E-state index is 13.2. The number of nitrogens with one attached hydrogen (secondary N) is 1. The summed E-state index contributed by atoms with van der Waals surface area (Å²) >= 11 is 2.87. The van der Waals surface area contributed by atoms with Crippen LogP contribution in [0.25, 0.3) is 5.57 Å². The summed E-state index contributed by atoms with van der Waals surface area (Å²) in [7, 11) is 0. The molecule has 2 aliphatic rings. The van der Waals surface area contributed by atoms with Crippen LogP contribution in [0.3, 0.4) is 0 Å². The lowest BCUT2D eigenvalue weighted by atomic mass is 9.90. The fraction of sp³-hybridized carbons (Fsp3) is 0.120. The molecule has 0 spiro atoms. The smallest absolute Gasteiger partial charge is 0.258 e. The standard InChI is InChI=1S/C25H21N3O2S2/c1-15-14-31-25(28(15)17-10-6-3-7-11-17)21-19(29)13-12-18-20(23(26)32-22(18)21)24(30)27-16-8-4-2-5-9-16/h2-11,14H,12-13,26H2,1H3,(H,27,30). The summed E-state index contributed by atoms with van der Waals surface area (Å²) in [5, 5.41) is 6.30. The number of hydrogen-bond acceptors (Lipinski definition) is 6. The number of hydrogen-bond donors (Lipinski definition) is 2. The molecule has 0 atom stereocenters. The minimum absolute atomic E-state index is 0.0836. The van der Waals surface area contributed by atoms with E-state index in [2.05, 4.69) is 15.6 Å². The van der Waals surface area contributed by atoms with Crippen LogP contribution in [0, 0.1) is 0 Å². The molecule has 3 aromatic rings. The molecule has 0 fully saturated rings. The van der Waals surface area contributed by atoms with Crippen molar-refractivity contribution in [2.24, 2.45) is 0 Å². The molecule has 1 amide bonds. The van der Waals surface area contributed by atoms with Gasteiger partial charge in [0.25, 0.3) is 5.91 Å². The van der Waals surface area contributed by atoms with Gasteiger partial charge in [0.05, 0.1) is 21.2 Å². The number of benzene rings is 2. The van der Waals surface area contributed by atoms with E-state index in [1.54, 1.807) is 11.8 Å². The van der Waals surface area contributed by atoms with Crippen molar-refractivity contribution in [2.45, 2.75) is 19.8 Å². The molecule has 1 aliphatic carbocycles. The van der Waals surface area contributed by atoms with Gasteiger partial charge in [-0.1, -0.05) is 48.2 Å². The molecule has 5 nitrogen and oxygen atoms in total. The van der Waals surface area contributed by atoms with Crippen molar-refractivity contribution in [3.63, 3.8) is 0 Å². The molecule has 0 unspecified atom stereocenters. The average molecular weight is 460 g/mol. The first-order valence-corrected chi connectivity index (χ1v) is 12.0. The zero-order valence-electron chi connectivity index (χ0n) is 17.4. The van der Waals surface area contributed by atoms with Gasteiger partial charge in [0.2, 0.25) is 0 Å². The van der Waals surface area contributed by atoms with E-state index >= 15 is 0 Å². The van der Waals surface area contributed by atoms with Gasteiger partial charge >= 0.3 is 0 Å². The highest BCUT2D eigenvalue weighted by molar-refractivity contribution is 8.06. The Bertz CT molecular complexity index is 1280. The number of nitrogen functional groups attached to an aromatic ring is 1. The van der Waals surface area contributed by atoms with Crippen LogP contribution < -0.4 is 16.0 Å². The number of carbonyl (C=O) groups excluding carboxylic acids is 2. The average Bonchev–Trinajstić information content (AvgIpc) is 3.34. The monoisotopic (exact) mass is 459 g/mol. The zero-order valence-corrected chi connectivity index (χ0v) is 19.1. The molecule has 32 heavy (non-hydrogen) atoms. The van der Waals surface area contributed by atoms with E-state index in [1.165, 1.54) is 11.3 Å². The van der Waals surface area contributed by atoms with E-state index in [0.717, 1.165) is 26.9 Å². The zero-order chi connectivity index (χ0) is 22.2. The van der Waals surface area contributed by atoms with Crippen molar-refractivity contribution in [1.29, 1.82) is 0 Å². The minimum atomic E-state index is -0.238. The van der Waals surface area contributed by atoms with Crippen LogP contribution >= 0.6 is 23.1 Å². The number of nitrogens with two attached hydrogens (primary N) is 1. The molecule has 160 valence electrons. The number of amides is 1. The fourth-order valence-electron chi connectivity index (χ4n) is 4.07. The van der Waals surface area contributed by atoms with Crippen molar-refractivity contribution in [3.05, 3.63) is 92.8 Å². The van der Waals surface area contributed by atoms with Gasteiger partial charge in [0, 0.05) is 28.4 Å². The Morgan fingerprint density at radius 2 is 1.72 bits per heavy atom. The number of allylic oxidation sites excluding steroid dienone is 2. The summed E-state index contributed by atoms with van der Waals surface area (Å²) < 4.78 is 0. The Kier molecular flexibility index (Phi) is 5.36. The lowest BCUT2D eigenvalue weighted by Gasteiger charge is -2.25. The van der Waals surface area contributed by atoms with Crippen LogP contribution in [0.2, 0.25) is 0 Å². The number of anilines is 3. The molecule has 0 bridgehead atoms. The molecule has 0 saturated heterocycles. The molecule has 2 aromatic carbocycles. The Morgan fingerprint density at radius 1 is 1.03 bits per heavy atom. The number of thioether (sulfide) groups is 1. The molecular formula is C25H21N3O2S2. The van der Waals surface area contributed by atoms with E-state index in [1.807, 2.05) is 67.6 Å². The van der Waals surface area contributed by atoms with Crippen LogP contribution in [0.15, 0.2) is 76.8 Å². The second kappa shape index (κ2) is 8.33. The second-order valence-electron chi connectivity index (χ2n) is 7.62. The van der Waals surface area contributed by atoms with E-state index in [-0.39, 0.29) is 11.7 Å². The molecule has 3 N–H and O–H groups in total. The third kappa shape index (κ3) is 3.53. The largest absolute Gasteiger partial charge is 0.390 e. The molecule has 5 rings (SSSR count). The van der Waals surface area contributed by atoms with Gasteiger partial charge in [-0.2, -0.15) is 0 Å². The summed E-state index contributed by atoms with van der Waals surface area (Å²) in [5.41, 5.74) is 11.1. The van der Waals surface area contributed by atoms with Crippen LogP contribution in [0.5, 0.6) is 0 Å².